The van der Waals surface area contributed by atoms with Crippen molar-refractivity contribution in [1.82, 2.24) is 5.32 Å². The van der Waals surface area contributed by atoms with Gasteiger partial charge in [-0.2, -0.15) is 0 Å². The van der Waals surface area contributed by atoms with Crippen molar-refractivity contribution in [1.29, 1.82) is 0 Å². The number of carbonyl (C=O) groups excluding carboxylic acids is 1. The van der Waals surface area contributed by atoms with Gasteiger partial charge >= 0.3 is 0 Å². The van der Waals surface area contributed by atoms with Crippen molar-refractivity contribution in [2.45, 2.75) is 31.7 Å². The molecule has 1 atom stereocenters. The van der Waals surface area contributed by atoms with Crippen LogP contribution in [0.25, 0.3) is 0 Å². The smallest absolute Gasteiger partial charge is 0.230 e. The number of nitrogens with one attached hydrogen (secondary N) is 1. The van der Waals surface area contributed by atoms with Gasteiger partial charge < -0.3 is 5.32 Å². The molecule has 0 aromatic heterocycles. The Hall–Kier alpha value is -1.07. The Morgan fingerprint density at radius 2 is 1.90 bits per heavy atom. The molecule has 1 fully saturated rings. The van der Waals surface area contributed by atoms with Crippen LogP contribution >= 0.6 is 11.6 Å². The van der Waals surface area contributed by atoms with Gasteiger partial charge in [-0.3, -0.25) is 4.79 Å². The van der Waals surface area contributed by atoms with Crippen LogP contribution in [0, 0.1) is 0 Å². The fraction of sp³-hybridized carbons (Fsp3) is 0.500. The number of rotatable bonds is 3. The fourth-order valence-corrected chi connectivity index (χ4v) is 4.07. The van der Waals surface area contributed by atoms with Crippen molar-refractivity contribution in [3.63, 3.8) is 0 Å². The summed E-state index contributed by atoms with van der Waals surface area (Å²) in [6.45, 7) is 3.63. The van der Waals surface area contributed by atoms with Gasteiger partial charge in [0.2, 0.25) is 5.91 Å². The number of sulfone groups is 1. The highest BCUT2D eigenvalue weighted by Gasteiger charge is 2.35. The Labute approximate surface area is 124 Å². The van der Waals surface area contributed by atoms with Crippen LogP contribution < -0.4 is 5.32 Å². The van der Waals surface area contributed by atoms with Gasteiger partial charge in [0.15, 0.2) is 9.84 Å². The topological polar surface area (TPSA) is 63.2 Å². The summed E-state index contributed by atoms with van der Waals surface area (Å²) in [5.74, 6) is 0.0244. The highest BCUT2D eigenvalue weighted by atomic mass is 35.5. The van der Waals surface area contributed by atoms with Crippen molar-refractivity contribution in [3.05, 3.63) is 34.9 Å². The molecule has 20 heavy (non-hydrogen) atoms. The standard InChI is InChI=1S/C14H18ClNO3S/c1-14(2,10-3-5-11(15)6-4-10)13(17)16-12-7-8-20(18,19)9-12/h3-6,12H,7-9H2,1-2H3,(H,16,17). The van der Waals surface area contributed by atoms with E-state index in [1.807, 2.05) is 26.0 Å². The van der Waals surface area contributed by atoms with Crippen LogP contribution in [0.4, 0.5) is 0 Å². The highest BCUT2D eigenvalue weighted by molar-refractivity contribution is 7.91. The van der Waals surface area contributed by atoms with E-state index in [0.29, 0.717) is 11.4 Å². The lowest BCUT2D eigenvalue weighted by molar-refractivity contribution is -0.126. The van der Waals surface area contributed by atoms with Gasteiger partial charge in [-0.05, 0) is 38.0 Å². The van der Waals surface area contributed by atoms with Crippen LogP contribution in [0.3, 0.4) is 0 Å². The number of amides is 1. The molecule has 1 saturated heterocycles. The first kappa shape index (κ1) is 15.3. The van der Waals surface area contributed by atoms with Crippen molar-refractivity contribution >= 4 is 27.3 Å². The third-order valence-electron chi connectivity index (χ3n) is 3.70. The summed E-state index contributed by atoms with van der Waals surface area (Å²) in [4.78, 5) is 12.4. The Kier molecular flexibility index (Phi) is 4.12. The van der Waals surface area contributed by atoms with Crippen LogP contribution in [-0.2, 0) is 20.0 Å². The average Bonchev–Trinajstić information content (AvgIpc) is 2.69. The molecule has 0 aliphatic carbocycles. The van der Waals surface area contributed by atoms with Gasteiger partial charge in [0, 0.05) is 11.1 Å². The second-order valence-corrected chi connectivity index (χ2v) is 8.37. The summed E-state index contributed by atoms with van der Waals surface area (Å²) in [5.41, 5.74) is 0.122. The molecule has 0 saturated carbocycles. The molecule has 1 aromatic carbocycles. The molecule has 1 aliphatic heterocycles. The molecule has 0 radical (unpaired) electrons. The zero-order valence-electron chi connectivity index (χ0n) is 11.5. The minimum absolute atomic E-state index is 0.0371. The number of carbonyl (C=O) groups is 1. The predicted molar refractivity (Wildman–Crippen MR) is 79.7 cm³/mol. The zero-order valence-corrected chi connectivity index (χ0v) is 13.1. The van der Waals surface area contributed by atoms with E-state index in [-0.39, 0.29) is 23.5 Å². The van der Waals surface area contributed by atoms with E-state index in [1.165, 1.54) is 0 Å². The second-order valence-electron chi connectivity index (χ2n) is 5.71. The molecule has 1 heterocycles. The van der Waals surface area contributed by atoms with Gasteiger partial charge in [-0.25, -0.2) is 8.42 Å². The molecule has 1 N–H and O–H groups in total. The number of hydrogen-bond acceptors (Lipinski definition) is 3. The monoisotopic (exact) mass is 315 g/mol. The second kappa shape index (κ2) is 5.37. The summed E-state index contributed by atoms with van der Waals surface area (Å²) in [6.07, 6.45) is 0.491. The third-order valence-corrected chi connectivity index (χ3v) is 5.72. The minimum Gasteiger partial charge on any atom is -0.352 e. The minimum atomic E-state index is -2.99. The molecule has 1 amide bonds. The summed E-state index contributed by atoms with van der Waals surface area (Å²) in [5, 5.41) is 3.45. The van der Waals surface area contributed by atoms with Crippen molar-refractivity contribution in [3.8, 4) is 0 Å². The van der Waals surface area contributed by atoms with E-state index >= 15 is 0 Å². The van der Waals surface area contributed by atoms with Crippen LogP contribution in [0.1, 0.15) is 25.8 Å². The van der Waals surface area contributed by atoms with E-state index in [2.05, 4.69) is 5.32 Å². The highest BCUT2D eigenvalue weighted by Crippen LogP contribution is 2.25. The molecule has 110 valence electrons. The number of benzene rings is 1. The summed E-state index contributed by atoms with van der Waals surface area (Å²) < 4.78 is 22.8. The molecular weight excluding hydrogens is 298 g/mol. The van der Waals surface area contributed by atoms with Gasteiger partial charge in [0.25, 0.3) is 0 Å². The predicted octanol–water partition coefficient (Wildman–Crippen LogP) is 1.92. The van der Waals surface area contributed by atoms with Crippen molar-refractivity contribution in [2.75, 3.05) is 11.5 Å². The number of hydrogen-bond donors (Lipinski definition) is 1. The fourth-order valence-electron chi connectivity index (χ4n) is 2.27. The first-order valence-corrected chi connectivity index (χ1v) is 8.68. The van der Waals surface area contributed by atoms with Gasteiger partial charge in [-0.15, -0.1) is 0 Å². The van der Waals surface area contributed by atoms with Crippen LogP contribution in [-0.4, -0.2) is 31.9 Å². The third kappa shape index (κ3) is 3.33. The van der Waals surface area contributed by atoms with Gasteiger partial charge in [0.05, 0.1) is 16.9 Å². The van der Waals surface area contributed by atoms with E-state index in [0.717, 1.165) is 5.56 Å². The molecule has 0 spiro atoms. The largest absolute Gasteiger partial charge is 0.352 e. The lowest BCUT2D eigenvalue weighted by Crippen LogP contribution is -2.45. The molecular formula is C14H18ClNO3S. The normalized spacial score (nSPS) is 21.6. The first-order valence-electron chi connectivity index (χ1n) is 6.48. The van der Waals surface area contributed by atoms with Gasteiger partial charge in [0.1, 0.15) is 0 Å². The van der Waals surface area contributed by atoms with E-state index in [4.69, 9.17) is 11.6 Å². The molecule has 2 rings (SSSR count). The molecule has 1 unspecified atom stereocenters. The summed E-state index contributed by atoms with van der Waals surface area (Å²) in [7, 11) is -2.99. The molecule has 0 bridgehead atoms. The van der Waals surface area contributed by atoms with Crippen molar-refractivity contribution in [2.24, 2.45) is 0 Å². The Morgan fingerprint density at radius 1 is 1.30 bits per heavy atom. The van der Waals surface area contributed by atoms with Gasteiger partial charge in [-0.1, -0.05) is 23.7 Å². The zero-order chi connectivity index (χ0) is 15.0. The maximum Gasteiger partial charge on any atom is 0.230 e. The van der Waals surface area contributed by atoms with Crippen LogP contribution in [0.2, 0.25) is 5.02 Å². The lowest BCUT2D eigenvalue weighted by atomic mass is 9.83. The summed E-state index contributed by atoms with van der Waals surface area (Å²) >= 11 is 5.84. The maximum absolute atomic E-state index is 12.4. The summed E-state index contributed by atoms with van der Waals surface area (Å²) in [6, 6.07) is 6.83. The maximum atomic E-state index is 12.4. The quantitative estimate of drug-likeness (QED) is 0.927. The van der Waals surface area contributed by atoms with E-state index in [1.54, 1.807) is 12.1 Å². The Bertz CT molecular complexity index is 608. The molecule has 6 heteroatoms. The van der Waals surface area contributed by atoms with E-state index < -0.39 is 15.3 Å². The first-order chi connectivity index (χ1) is 9.21. The lowest BCUT2D eigenvalue weighted by Gasteiger charge is -2.26. The molecule has 1 aromatic rings. The van der Waals surface area contributed by atoms with Crippen molar-refractivity contribution < 1.29 is 13.2 Å². The Morgan fingerprint density at radius 3 is 2.40 bits per heavy atom. The number of halogens is 1. The average molecular weight is 316 g/mol. The molecule has 1 aliphatic rings. The van der Waals surface area contributed by atoms with E-state index in [9.17, 15) is 13.2 Å². The Balaban J connectivity index is 2.09. The van der Waals surface area contributed by atoms with Crippen LogP contribution in [0.15, 0.2) is 24.3 Å². The SMILES string of the molecule is CC(C)(C(=O)NC1CCS(=O)(=O)C1)c1ccc(Cl)cc1. The molecule has 4 nitrogen and oxygen atoms in total. The van der Waals surface area contributed by atoms with Crippen LogP contribution in [0.5, 0.6) is 0 Å².